The van der Waals surface area contributed by atoms with Crippen LogP contribution in [0.1, 0.15) is 63.0 Å². The molecule has 2 nitrogen and oxygen atoms in total. The summed E-state index contributed by atoms with van der Waals surface area (Å²) in [5, 5.41) is 9.99. The first-order chi connectivity index (χ1) is 10.7. The second-order valence-electron chi connectivity index (χ2n) is 7.25. The largest absolute Gasteiger partial charge is 0.508 e. The van der Waals surface area contributed by atoms with Crippen molar-refractivity contribution in [1.29, 1.82) is 0 Å². The fourth-order valence-electron chi connectivity index (χ4n) is 5.35. The van der Waals surface area contributed by atoms with Gasteiger partial charge in [-0.3, -0.25) is 0 Å². The summed E-state index contributed by atoms with van der Waals surface area (Å²) in [6.07, 6.45) is 7.56. The summed E-state index contributed by atoms with van der Waals surface area (Å²) in [7, 11) is 0. The highest BCUT2D eigenvalue weighted by Gasteiger charge is 2.43. The molecular formula is C20H26O2. The van der Waals surface area contributed by atoms with Crippen molar-refractivity contribution in [1.82, 2.24) is 0 Å². The van der Waals surface area contributed by atoms with Gasteiger partial charge >= 0.3 is 0 Å². The maximum absolute atomic E-state index is 9.99. The fourth-order valence-corrected chi connectivity index (χ4v) is 5.35. The molecule has 4 rings (SSSR count). The number of rotatable bonds is 2. The molecule has 0 radical (unpaired) electrons. The highest BCUT2D eigenvalue weighted by Crippen LogP contribution is 2.56. The van der Waals surface area contributed by atoms with E-state index in [9.17, 15) is 5.11 Å². The molecule has 0 heterocycles. The molecule has 0 unspecified atom stereocenters. The molecule has 118 valence electrons. The Morgan fingerprint density at radius 1 is 1.09 bits per heavy atom. The number of hydrogen-bond donors (Lipinski definition) is 1. The van der Waals surface area contributed by atoms with Crippen molar-refractivity contribution in [2.45, 2.75) is 58.3 Å². The molecule has 0 bridgehead atoms. The van der Waals surface area contributed by atoms with Gasteiger partial charge in [-0.15, -0.1) is 0 Å². The average Bonchev–Trinajstić information content (AvgIpc) is 2.88. The number of ether oxygens (including phenoxy) is 1. The summed E-state index contributed by atoms with van der Waals surface area (Å²) in [5.74, 6) is 3.53. The van der Waals surface area contributed by atoms with E-state index in [-0.39, 0.29) is 0 Å². The van der Waals surface area contributed by atoms with Crippen molar-refractivity contribution in [3.05, 3.63) is 34.4 Å². The van der Waals surface area contributed by atoms with Crippen LogP contribution in [0.3, 0.4) is 0 Å². The molecule has 1 fully saturated rings. The van der Waals surface area contributed by atoms with Crippen LogP contribution in [0.5, 0.6) is 11.5 Å². The lowest BCUT2D eigenvalue weighted by Gasteiger charge is -2.43. The summed E-state index contributed by atoms with van der Waals surface area (Å²) in [6.45, 7) is 5.04. The van der Waals surface area contributed by atoms with Gasteiger partial charge < -0.3 is 9.84 Å². The first-order valence-corrected chi connectivity index (χ1v) is 8.86. The van der Waals surface area contributed by atoms with Crippen LogP contribution in [0.2, 0.25) is 0 Å². The van der Waals surface area contributed by atoms with E-state index in [1.807, 2.05) is 19.1 Å². The maximum Gasteiger partial charge on any atom is 0.126 e. The van der Waals surface area contributed by atoms with Crippen molar-refractivity contribution < 1.29 is 9.84 Å². The van der Waals surface area contributed by atoms with Crippen molar-refractivity contribution in [2.24, 2.45) is 11.8 Å². The number of aryl methyl sites for hydroxylation is 1. The van der Waals surface area contributed by atoms with E-state index in [0.29, 0.717) is 18.3 Å². The zero-order chi connectivity index (χ0) is 15.3. The lowest BCUT2D eigenvalue weighted by molar-refractivity contribution is 0.225. The number of phenols is 1. The van der Waals surface area contributed by atoms with Crippen molar-refractivity contribution in [3.63, 3.8) is 0 Å². The Bertz CT molecular complexity index is 629. The number of allylic oxidation sites excluding steroid dienone is 2. The monoisotopic (exact) mass is 298 g/mol. The highest BCUT2D eigenvalue weighted by molar-refractivity contribution is 5.50. The third kappa shape index (κ3) is 2.07. The lowest BCUT2D eigenvalue weighted by atomic mass is 9.62. The van der Waals surface area contributed by atoms with E-state index in [0.717, 1.165) is 24.0 Å². The Hall–Kier alpha value is -1.44. The van der Waals surface area contributed by atoms with E-state index < -0.39 is 0 Å². The van der Waals surface area contributed by atoms with Gasteiger partial charge in [0.15, 0.2) is 0 Å². The minimum absolute atomic E-state index is 0.355. The molecule has 1 saturated carbocycles. The van der Waals surface area contributed by atoms with Crippen LogP contribution >= 0.6 is 0 Å². The summed E-state index contributed by atoms with van der Waals surface area (Å²) in [5.41, 5.74) is 6.19. The quantitative estimate of drug-likeness (QED) is 0.782. The molecule has 3 aliphatic carbocycles. The second-order valence-corrected chi connectivity index (χ2v) is 7.25. The standard InChI is InChI=1S/C20H26O2/c1-3-22-19-11-14(21)10-13-5-7-17-16-6-4-12(2)15(16)8-9-18(17)20(13)19/h10-11,16-18,21H,3-9H2,1-2H3/t16-,17-,18+/m1/s1. The third-order valence-corrected chi connectivity index (χ3v) is 6.21. The molecule has 0 aromatic heterocycles. The normalized spacial score (nSPS) is 29.8. The van der Waals surface area contributed by atoms with E-state index >= 15 is 0 Å². The van der Waals surface area contributed by atoms with Gasteiger partial charge in [-0.1, -0.05) is 11.1 Å². The molecule has 2 heteroatoms. The Balaban J connectivity index is 1.76. The second kappa shape index (κ2) is 5.33. The van der Waals surface area contributed by atoms with E-state index in [1.165, 1.54) is 43.2 Å². The zero-order valence-electron chi connectivity index (χ0n) is 13.7. The van der Waals surface area contributed by atoms with Gasteiger partial charge in [-0.05, 0) is 81.8 Å². The Morgan fingerprint density at radius 2 is 1.91 bits per heavy atom. The zero-order valence-corrected chi connectivity index (χ0v) is 13.7. The first-order valence-electron chi connectivity index (χ1n) is 8.86. The van der Waals surface area contributed by atoms with Gasteiger partial charge in [0.1, 0.15) is 11.5 Å². The number of hydrogen-bond acceptors (Lipinski definition) is 2. The molecule has 3 atom stereocenters. The summed E-state index contributed by atoms with van der Waals surface area (Å²) in [4.78, 5) is 0. The van der Waals surface area contributed by atoms with Crippen LogP contribution in [0.25, 0.3) is 0 Å². The molecule has 1 N–H and O–H groups in total. The van der Waals surface area contributed by atoms with Gasteiger partial charge in [0.25, 0.3) is 0 Å². The van der Waals surface area contributed by atoms with Crippen molar-refractivity contribution in [3.8, 4) is 11.5 Å². The minimum atomic E-state index is 0.355. The minimum Gasteiger partial charge on any atom is -0.508 e. The van der Waals surface area contributed by atoms with E-state index in [2.05, 4.69) is 6.92 Å². The van der Waals surface area contributed by atoms with Gasteiger partial charge in [-0.2, -0.15) is 0 Å². The van der Waals surface area contributed by atoms with E-state index in [4.69, 9.17) is 4.74 Å². The van der Waals surface area contributed by atoms with Crippen LogP contribution in [0.15, 0.2) is 23.3 Å². The Kier molecular flexibility index (Phi) is 3.43. The third-order valence-electron chi connectivity index (χ3n) is 6.21. The Labute approximate surface area is 133 Å². The molecule has 3 aliphatic rings. The topological polar surface area (TPSA) is 29.5 Å². The molecule has 1 aromatic carbocycles. The van der Waals surface area contributed by atoms with E-state index in [1.54, 1.807) is 11.1 Å². The van der Waals surface area contributed by atoms with Gasteiger partial charge in [0.05, 0.1) is 6.61 Å². The SMILES string of the molecule is CCOc1cc(O)cc2c1[C@H]1CCC3=C(C)CC[C@H]3[C@H]1CC2. The molecule has 0 saturated heterocycles. The van der Waals surface area contributed by atoms with Crippen molar-refractivity contribution >= 4 is 0 Å². The van der Waals surface area contributed by atoms with Gasteiger partial charge in [-0.25, -0.2) is 0 Å². The molecule has 0 aliphatic heterocycles. The number of phenolic OH excluding ortho intramolecular Hbond substituents is 1. The summed E-state index contributed by atoms with van der Waals surface area (Å²) in [6, 6.07) is 3.80. The smallest absolute Gasteiger partial charge is 0.126 e. The number of fused-ring (bicyclic) bond motifs is 5. The Morgan fingerprint density at radius 3 is 2.73 bits per heavy atom. The average molecular weight is 298 g/mol. The van der Waals surface area contributed by atoms with Crippen LogP contribution in [-0.4, -0.2) is 11.7 Å². The van der Waals surface area contributed by atoms with Crippen LogP contribution in [0.4, 0.5) is 0 Å². The molecule has 0 amide bonds. The fraction of sp³-hybridized carbons (Fsp3) is 0.600. The van der Waals surface area contributed by atoms with Crippen LogP contribution < -0.4 is 4.74 Å². The summed E-state index contributed by atoms with van der Waals surface area (Å²) < 4.78 is 5.89. The predicted molar refractivity (Wildman–Crippen MR) is 88.5 cm³/mol. The molecular weight excluding hydrogens is 272 g/mol. The van der Waals surface area contributed by atoms with Gasteiger partial charge in [0.2, 0.25) is 0 Å². The van der Waals surface area contributed by atoms with Crippen molar-refractivity contribution in [2.75, 3.05) is 6.61 Å². The lowest BCUT2D eigenvalue weighted by Crippen LogP contribution is -2.31. The number of aromatic hydroxyl groups is 1. The summed E-state index contributed by atoms with van der Waals surface area (Å²) >= 11 is 0. The first kappa shape index (κ1) is 14.2. The molecule has 1 aromatic rings. The van der Waals surface area contributed by atoms with Crippen LogP contribution in [0, 0.1) is 11.8 Å². The maximum atomic E-state index is 9.99. The molecule has 22 heavy (non-hydrogen) atoms. The van der Waals surface area contributed by atoms with Crippen LogP contribution in [-0.2, 0) is 6.42 Å². The molecule has 0 spiro atoms. The predicted octanol–water partition coefficient (Wildman–Crippen LogP) is 4.96. The number of benzene rings is 1. The highest BCUT2D eigenvalue weighted by atomic mass is 16.5. The van der Waals surface area contributed by atoms with Gasteiger partial charge in [0, 0.05) is 11.6 Å².